The first-order valence-corrected chi connectivity index (χ1v) is 7.11. The number of hydrogen-bond acceptors (Lipinski definition) is 4. The maximum atomic E-state index is 12.3. The Labute approximate surface area is 122 Å². The molecule has 21 heavy (non-hydrogen) atoms. The molecule has 1 unspecified atom stereocenters. The summed E-state index contributed by atoms with van der Waals surface area (Å²) in [5.74, 6) is -0.170. The fourth-order valence-electron chi connectivity index (χ4n) is 2.73. The van der Waals surface area contributed by atoms with Crippen LogP contribution in [0.5, 0.6) is 0 Å². The van der Waals surface area contributed by atoms with Crippen molar-refractivity contribution in [3.63, 3.8) is 0 Å². The largest absolute Gasteiger partial charge is 0.320 e. The molecule has 6 heteroatoms. The van der Waals surface area contributed by atoms with Gasteiger partial charge in [-0.1, -0.05) is 6.07 Å². The first-order chi connectivity index (χ1) is 10.1. The average molecular weight is 286 g/mol. The lowest BCUT2D eigenvalue weighted by molar-refractivity contribution is -0.121. The van der Waals surface area contributed by atoms with Gasteiger partial charge in [0.2, 0.25) is 5.91 Å². The van der Waals surface area contributed by atoms with Crippen LogP contribution in [0.2, 0.25) is 0 Å². The van der Waals surface area contributed by atoms with Crippen molar-refractivity contribution < 1.29 is 4.79 Å². The predicted octanol–water partition coefficient (Wildman–Crippen LogP) is 0.975. The van der Waals surface area contributed by atoms with Crippen molar-refractivity contribution in [3.05, 3.63) is 40.9 Å². The number of piperidine rings is 1. The zero-order valence-corrected chi connectivity index (χ0v) is 12.0. The number of aromatic nitrogens is 2. The molecule has 0 bridgehead atoms. The van der Waals surface area contributed by atoms with E-state index in [0.29, 0.717) is 5.65 Å². The number of anilines is 1. The van der Waals surface area contributed by atoms with Gasteiger partial charge in [-0.15, -0.1) is 0 Å². The second kappa shape index (κ2) is 5.65. The molecule has 6 nitrogen and oxygen atoms in total. The zero-order chi connectivity index (χ0) is 14.8. The van der Waals surface area contributed by atoms with Gasteiger partial charge in [0.25, 0.3) is 5.56 Å². The Morgan fingerprint density at radius 3 is 3.10 bits per heavy atom. The monoisotopic (exact) mass is 286 g/mol. The van der Waals surface area contributed by atoms with E-state index in [-0.39, 0.29) is 23.1 Å². The van der Waals surface area contributed by atoms with Gasteiger partial charge in [-0.2, -0.15) is 0 Å². The minimum Gasteiger partial charge on any atom is -0.320 e. The number of carbonyl (C=O) groups excluding carboxylic acids is 1. The minimum absolute atomic E-state index is 0.0698. The van der Waals surface area contributed by atoms with E-state index in [4.69, 9.17) is 0 Å². The molecule has 3 heterocycles. The van der Waals surface area contributed by atoms with Crippen LogP contribution in [0.3, 0.4) is 0 Å². The maximum Gasteiger partial charge on any atom is 0.281 e. The van der Waals surface area contributed by atoms with Gasteiger partial charge in [0.15, 0.2) is 0 Å². The Hall–Kier alpha value is -2.21. The van der Waals surface area contributed by atoms with Crippen LogP contribution in [-0.2, 0) is 4.79 Å². The number of rotatable bonds is 2. The van der Waals surface area contributed by atoms with Gasteiger partial charge in [0, 0.05) is 12.7 Å². The van der Waals surface area contributed by atoms with Crippen molar-refractivity contribution in [2.24, 2.45) is 5.92 Å². The Balaban J connectivity index is 1.83. The highest BCUT2D eigenvalue weighted by atomic mass is 16.2. The van der Waals surface area contributed by atoms with Crippen molar-refractivity contribution in [3.8, 4) is 0 Å². The number of fused-ring (bicyclic) bond motifs is 1. The summed E-state index contributed by atoms with van der Waals surface area (Å²) in [6, 6.07) is 5.33. The lowest BCUT2D eigenvalue weighted by atomic mass is 9.97. The number of likely N-dealkylation sites (tertiary alicyclic amines) is 1. The van der Waals surface area contributed by atoms with Crippen molar-refractivity contribution in [1.29, 1.82) is 0 Å². The highest BCUT2D eigenvalue weighted by Crippen LogP contribution is 2.16. The van der Waals surface area contributed by atoms with Crippen LogP contribution in [0, 0.1) is 5.92 Å². The van der Waals surface area contributed by atoms with Gasteiger partial charge in [-0.3, -0.25) is 14.0 Å². The molecule has 2 aromatic rings. The molecule has 1 atom stereocenters. The number of pyridine rings is 1. The Bertz CT molecular complexity index is 725. The lowest BCUT2D eigenvalue weighted by Crippen LogP contribution is -2.39. The molecule has 1 fully saturated rings. The molecule has 1 amide bonds. The molecule has 0 aromatic carbocycles. The lowest BCUT2D eigenvalue weighted by Gasteiger charge is -2.28. The summed E-state index contributed by atoms with van der Waals surface area (Å²) >= 11 is 0. The molecule has 0 spiro atoms. The van der Waals surface area contributed by atoms with Gasteiger partial charge >= 0.3 is 0 Å². The highest BCUT2D eigenvalue weighted by Gasteiger charge is 2.24. The second-order valence-electron chi connectivity index (χ2n) is 5.50. The standard InChI is InChI=1S/C15H18N4O2/c1-18-7-4-5-11(10-18)14(20)17-12-9-16-13-6-2-3-8-19(13)15(12)21/h2-3,6,8-9,11H,4-5,7,10H2,1H3,(H,17,20). The minimum atomic E-state index is -0.252. The molecule has 0 aliphatic carbocycles. The SMILES string of the molecule is CN1CCCC(C(=O)Nc2cnc3ccccn3c2=O)C1. The van der Waals surface area contributed by atoms with Gasteiger partial charge in [0.05, 0.1) is 12.1 Å². The van der Waals surface area contributed by atoms with Crippen LogP contribution in [-0.4, -0.2) is 40.3 Å². The molecule has 1 N–H and O–H groups in total. The third-order valence-corrected chi connectivity index (χ3v) is 3.87. The van der Waals surface area contributed by atoms with Crippen molar-refractivity contribution in [2.75, 3.05) is 25.5 Å². The number of nitrogens with one attached hydrogen (secondary N) is 1. The van der Waals surface area contributed by atoms with Gasteiger partial charge in [-0.05, 0) is 38.6 Å². The molecule has 0 saturated carbocycles. The molecule has 0 radical (unpaired) electrons. The fourth-order valence-corrected chi connectivity index (χ4v) is 2.73. The molecule has 1 aliphatic rings. The second-order valence-corrected chi connectivity index (χ2v) is 5.50. The van der Waals surface area contributed by atoms with Gasteiger partial charge in [0.1, 0.15) is 11.3 Å². The topological polar surface area (TPSA) is 66.7 Å². The van der Waals surface area contributed by atoms with Crippen LogP contribution >= 0.6 is 0 Å². The van der Waals surface area contributed by atoms with E-state index in [1.54, 1.807) is 18.3 Å². The number of hydrogen-bond donors (Lipinski definition) is 1. The van der Waals surface area contributed by atoms with E-state index >= 15 is 0 Å². The van der Waals surface area contributed by atoms with E-state index in [0.717, 1.165) is 25.9 Å². The van der Waals surface area contributed by atoms with Crippen LogP contribution < -0.4 is 10.9 Å². The number of carbonyl (C=O) groups is 1. The zero-order valence-electron chi connectivity index (χ0n) is 12.0. The first kappa shape index (κ1) is 13.8. The van der Waals surface area contributed by atoms with Crippen LogP contribution in [0.1, 0.15) is 12.8 Å². The number of amides is 1. The summed E-state index contributed by atoms with van der Waals surface area (Å²) < 4.78 is 1.43. The van der Waals surface area contributed by atoms with E-state index in [2.05, 4.69) is 15.2 Å². The average Bonchev–Trinajstić information content (AvgIpc) is 2.50. The van der Waals surface area contributed by atoms with Crippen LogP contribution in [0.4, 0.5) is 5.69 Å². The van der Waals surface area contributed by atoms with Crippen LogP contribution in [0.15, 0.2) is 35.4 Å². The Morgan fingerprint density at radius 1 is 1.43 bits per heavy atom. The Kier molecular flexibility index (Phi) is 3.70. The van der Waals surface area contributed by atoms with Crippen molar-refractivity contribution >= 4 is 17.2 Å². The van der Waals surface area contributed by atoms with E-state index in [1.165, 1.54) is 10.6 Å². The quantitative estimate of drug-likeness (QED) is 0.893. The molecule has 2 aromatic heterocycles. The number of nitrogens with zero attached hydrogens (tertiary/aromatic N) is 3. The third-order valence-electron chi connectivity index (χ3n) is 3.87. The highest BCUT2D eigenvalue weighted by molar-refractivity contribution is 5.92. The molecule has 1 aliphatic heterocycles. The summed E-state index contributed by atoms with van der Waals surface area (Å²) in [4.78, 5) is 30.9. The molecular formula is C15H18N4O2. The summed E-state index contributed by atoms with van der Waals surface area (Å²) in [7, 11) is 2.01. The van der Waals surface area contributed by atoms with E-state index < -0.39 is 0 Å². The maximum absolute atomic E-state index is 12.3. The smallest absolute Gasteiger partial charge is 0.281 e. The van der Waals surface area contributed by atoms with Gasteiger partial charge < -0.3 is 10.2 Å². The van der Waals surface area contributed by atoms with Crippen molar-refractivity contribution in [2.45, 2.75) is 12.8 Å². The summed E-state index contributed by atoms with van der Waals surface area (Å²) in [6.45, 7) is 1.75. The van der Waals surface area contributed by atoms with E-state index in [1.807, 2.05) is 13.1 Å². The van der Waals surface area contributed by atoms with Crippen molar-refractivity contribution in [1.82, 2.24) is 14.3 Å². The molecular weight excluding hydrogens is 268 g/mol. The predicted molar refractivity (Wildman–Crippen MR) is 80.3 cm³/mol. The first-order valence-electron chi connectivity index (χ1n) is 7.11. The fraction of sp³-hybridized carbons (Fsp3) is 0.400. The third kappa shape index (κ3) is 2.80. The molecule has 3 rings (SSSR count). The molecule has 110 valence electrons. The Morgan fingerprint density at radius 2 is 2.29 bits per heavy atom. The normalized spacial score (nSPS) is 19.6. The summed E-state index contributed by atoms with van der Waals surface area (Å²) in [6.07, 6.45) is 4.94. The van der Waals surface area contributed by atoms with Crippen LogP contribution in [0.25, 0.3) is 5.65 Å². The summed E-state index contributed by atoms with van der Waals surface area (Å²) in [5.41, 5.74) is 0.549. The molecule has 1 saturated heterocycles. The van der Waals surface area contributed by atoms with Gasteiger partial charge in [-0.25, -0.2) is 4.98 Å². The van der Waals surface area contributed by atoms with E-state index in [9.17, 15) is 9.59 Å². The summed E-state index contributed by atoms with van der Waals surface area (Å²) in [5, 5.41) is 2.73.